The molecule has 11 heteroatoms. The minimum atomic E-state index is -3.56. The number of aryl methyl sites for hydroxylation is 1. The number of nitrogens with one attached hydrogen (secondary N) is 2. The fourth-order valence-electron chi connectivity index (χ4n) is 4.15. The predicted octanol–water partition coefficient (Wildman–Crippen LogP) is 3.90. The lowest BCUT2D eigenvalue weighted by Crippen LogP contribution is -2.33. The molecule has 1 heterocycles. The van der Waals surface area contributed by atoms with Crippen LogP contribution in [0.1, 0.15) is 55.5 Å². The molecule has 0 saturated carbocycles. The minimum Gasteiger partial charge on any atom is -0.445 e. The summed E-state index contributed by atoms with van der Waals surface area (Å²) in [5, 5.41) is 7.15. The summed E-state index contributed by atoms with van der Waals surface area (Å²) in [6.45, 7) is 6.94. The van der Waals surface area contributed by atoms with Crippen molar-refractivity contribution in [3.05, 3.63) is 83.4 Å². The molecule has 0 bridgehead atoms. The highest BCUT2D eigenvalue weighted by atomic mass is 32.2. The van der Waals surface area contributed by atoms with Gasteiger partial charge < -0.3 is 14.5 Å². The molecular weight excluding hydrogens is 516 g/mol. The monoisotopic (exact) mass is 556 g/mol. The number of aromatic nitrogens is 3. The van der Waals surface area contributed by atoms with E-state index in [4.69, 9.17) is 4.74 Å². The summed E-state index contributed by atoms with van der Waals surface area (Å²) in [6.07, 6.45) is 1.19. The van der Waals surface area contributed by atoms with Gasteiger partial charge in [0.25, 0.3) is 0 Å². The van der Waals surface area contributed by atoms with Crippen LogP contribution >= 0.6 is 0 Å². The van der Waals surface area contributed by atoms with Crippen molar-refractivity contribution in [2.45, 2.75) is 52.3 Å². The number of benzene rings is 2. The normalized spacial score (nSPS) is 12.4. The van der Waals surface area contributed by atoms with Gasteiger partial charge in [0.05, 0.1) is 18.3 Å². The number of nitrogens with zero attached hydrogens (tertiary/aromatic N) is 4. The van der Waals surface area contributed by atoms with E-state index in [9.17, 15) is 13.2 Å². The van der Waals surface area contributed by atoms with Crippen LogP contribution in [0, 0.1) is 0 Å². The van der Waals surface area contributed by atoms with E-state index in [1.807, 2.05) is 60.7 Å². The van der Waals surface area contributed by atoms with Crippen LogP contribution in [0.15, 0.2) is 60.7 Å². The molecule has 1 atom stereocenters. The lowest BCUT2D eigenvalue weighted by molar-refractivity contribution is 0.102. The van der Waals surface area contributed by atoms with Crippen molar-refractivity contribution >= 4 is 16.1 Å². The number of hydrogen-bond acceptors (Lipinski definition) is 7. The molecule has 2 aromatic carbocycles. The Labute approximate surface area is 231 Å². The van der Waals surface area contributed by atoms with E-state index in [0.717, 1.165) is 30.8 Å². The van der Waals surface area contributed by atoms with Crippen molar-refractivity contribution in [2.75, 3.05) is 32.4 Å². The smallest absolute Gasteiger partial charge is 0.410 e. The van der Waals surface area contributed by atoms with Crippen molar-refractivity contribution in [2.24, 2.45) is 0 Å². The maximum absolute atomic E-state index is 13.0. The van der Waals surface area contributed by atoms with E-state index < -0.39 is 22.2 Å². The molecule has 212 valence electrons. The molecule has 3 aromatic rings. The van der Waals surface area contributed by atoms with E-state index in [-0.39, 0.29) is 18.9 Å². The Kier molecular flexibility index (Phi) is 11.9. The first-order chi connectivity index (χ1) is 18.8. The first-order valence-electron chi connectivity index (χ1n) is 13.4. The van der Waals surface area contributed by atoms with Gasteiger partial charge in [-0.15, -0.1) is 0 Å². The second-order valence-electron chi connectivity index (χ2n) is 9.43. The lowest BCUT2D eigenvalue weighted by atomic mass is 10.1. The van der Waals surface area contributed by atoms with Crippen LogP contribution in [0.25, 0.3) is 0 Å². The van der Waals surface area contributed by atoms with E-state index >= 15 is 0 Å². The molecule has 10 nitrogen and oxygen atoms in total. The average molecular weight is 557 g/mol. The number of carbonyl (C=O) groups excluding carboxylic acids is 1. The van der Waals surface area contributed by atoms with Gasteiger partial charge in [0.15, 0.2) is 5.82 Å². The van der Waals surface area contributed by atoms with E-state index in [1.165, 1.54) is 4.90 Å². The molecular formula is C28H40N6O4S. The Morgan fingerprint density at radius 2 is 1.67 bits per heavy atom. The van der Waals surface area contributed by atoms with Crippen LogP contribution < -0.4 is 4.72 Å². The molecule has 0 spiro atoms. The number of ether oxygens (including phenoxy) is 1. The summed E-state index contributed by atoms with van der Waals surface area (Å²) in [4.78, 5) is 20.6. The number of sulfonamides is 1. The Morgan fingerprint density at radius 1 is 1.03 bits per heavy atom. The third kappa shape index (κ3) is 10.4. The van der Waals surface area contributed by atoms with Gasteiger partial charge in [0, 0.05) is 7.05 Å². The molecule has 0 saturated heterocycles. The topological polar surface area (TPSA) is 121 Å². The van der Waals surface area contributed by atoms with Crippen molar-refractivity contribution in [3.63, 3.8) is 0 Å². The van der Waals surface area contributed by atoms with Crippen LogP contribution in [-0.2, 0) is 34.3 Å². The van der Waals surface area contributed by atoms with Crippen LogP contribution in [0.2, 0.25) is 0 Å². The van der Waals surface area contributed by atoms with Gasteiger partial charge >= 0.3 is 6.09 Å². The summed E-state index contributed by atoms with van der Waals surface area (Å²) in [5.41, 5.74) is 1.99. The fourth-order valence-corrected chi connectivity index (χ4v) is 5.43. The second kappa shape index (κ2) is 15.3. The summed E-state index contributed by atoms with van der Waals surface area (Å²) in [6, 6.07) is 18.7. The van der Waals surface area contributed by atoms with Gasteiger partial charge in [-0.05, 0) is 50.0 Å². The van der Waals surface area contributed by atoms with Gasteiger partial charge in [-0.25, -0.2) is 22.9 Å². The number of rotatable bonds is 16. The standard InChI is InChI=1S/C28H40N6O4S/c1-4-34(5-2)19-12-20-39(36,37)32-25(18-17-23-13-8-6-9-14-23)27-29-26(30-31-27)21-33(3)28(35)38-22-24-15-10-7-11-16-24/h6-11,13-16,25,32H,4-5,12,17-22H2,1-3H3,(H,29,30,31)/t25-/m1/s1. The van der Waals surface area contributed by atoms with Gasteiger partial charge in [-0.2, -0.15) is 5.10 Å². The minimum absolute atomic E-state index is 0.0264. The SMILES string of the molecule is CCN(CC)CCCS(=O)(=O)N[C@H](CCc1ccccc1)c1n[nH]c(CN(C)C(=O)OCc2ccccc2)n1. The zero-order valence-corrected chi connectivity index (χ0v) is 23.9. The molecule has 1 amide bonds. The Bertz CT molecular complexity index is 1230. The van der Waals surface area contributed by atoms with Crippen molar-refractivity contribution in [1.29, 1.82) is 0 Å². The molecule has 3 rings (SSSR count). The zero-order valence-electron chi connectivity index (χ0n) is 23.0. The maximum Gasteiger partial charge on any atom is 0.410 e. The zero-order chi connectivity index (χ0) is 28.1. The summed E-state index contributed by atoms with van der Waals surface area (Å²) < 4.78 is 34.2. The van der Waals surface area contributed by atoms with E-state index in [1.54, 1.807) is 7.05 Å². The number of hydrogen-bond donors (Lipinski definition) is 2. The Morgan fingerprint density at radius 3 is 2.31 bits per heavy atom. The molecule has 1 aromatic heterocycles. The molecule has 0 radical (unpaired) electrons. The highest BCUT2D eigenvalue weighted by molar-refractivity contribution is 7.89. The largest absolute Gasteiger partial charge is 0.445 e. The maximum atomic E-state index is 13.0. The Balaban J connectivity index is 1.63. The van der Waals surface area contributed by atoms with Crippen LogP contribution in [0.5, 0.6) is 0 Å². The van der Waals surface area contributed by atoms with Crippen molar-refractivity contribution < 1.29 is 17.9 Å². The van der Waals surface area contributed by atoms with Gasteiger partial charge in [0.2, 0.25) is 10.0 Å². The first kappa shape index (κ1) is 30.3. The van der Waals surface area contributed by atoms with Gasteiger partial charge in [-0.1, -0.05) is 74.5 Å². The average Bonchev–Trinajstić information content (AvgIpc) is 3.41. The van der Waals surface area contributed by atoms with Crippen molar-refractivity contribution in [3.8, 4) is 0 Å². The van der Waals surface area contributed by atoms with Gasteiger partial charge in [-0.3, -0.25) is 5.10 Å². The summed E-state index contributed by atoms with van der Waals surface area (Å²) in [7, 11) is -1.95. The number of amides is 1. The number of aromatic amines is 1. The highest BCUT2D eigenvalue weighted by Gasteiger charge is 2.24. The van der Waals surface area contributed by atoms with Gasteiger partial charge in [0.1, 0.15) is 12.4 Å². The quantitative estimate of drug-likeness (QED) is 0.275. The molecule has 2 N–H and O–H groups in total. The van der Waals surface area contributed by atoms with Crippen LogP contribution in [0.3, 0.4) is 0 Å². The van der Waals surface area contributed by atoms with Crippen LogP contribution in [0.4, 0.5) is 4.79 Å². The summed E-state index contributed by atoms with van der Waals surface area (Å²) >= 11 is 0. The number of H-pyrrole nitrogens is 1. The lowest BCUT2D eigenvalue weighted by Gasteiger charge is -2.19. The predicted molar refractivity (Wildman–Crippen MR) is 151 cm³/mol. The summed E-state index contributed by atoms with van der Waals surface area (Å²) in [5.74, 6) is 0.812. The molecule has 0 aliphatic carbocycles. The molecule has 0 unspecified atom stereocenters. The molecule has 0 aliphatic rings. The third-order valence-electron chi connectivity index (χ3n) is 6.43. The Hall–Kier alpha value is -3.28. The molecule has 39 heavy (non-hydrogen) atoms. The fraction of sp³-hybridized carbons (Fsp3) is 0.464. The van der Waals surface area contributed by atoms with Crippen LogP contribution in [-0.4, -0.2) is 71.9 Å². The third-order valence-corrected chi connectivity index (χ3v) is 7.90. The highest BCUT2D eigenvalue weighted by Crippen LogP contribution is 2.18. The molecule has 0 fully saturated rings. The van der Waals surface area contributed by atoms with Crippen molar-refractivity contribution in [1.82, 2.24) is 29.7 Å². The second-order valence-corrected chi connectivity index (χ2v) is 11.3. The molecule has 0 aliphatic heterocycles. The first-order valence-corrected chi connectivity index (χ1v) is 15.0. The van der Waals surface area contributed by atoms with E-state index in [0.29, 0.717) is 30.9 Å². The van der Waals surface area contributed by atoms with E-state index in [2.05, 4.69) is 38.7 Å². The number of carbonyl (C=O) groups is 1.